The second-order valence-electron chi connectivity index (χ2n) is 4.66. The summed E-state index contributed by atoms with van der Waals surface area (Å²) in [5.74, 6) is -0.346. The molecule has 2 N–H and O–H groups in total. The van der Waals surface area contributed by atoms with Crippen molar-refractivity contribution in [3.05, 3.63) is 40.7 Å². The lowest BCUT2D eigenvalue weighted by Crippen LogP contribution is -2.37. The van der Waals surface area contributed by atoms with E-state index in [2.05, 4.69) is 15.5 Å². The minimum atomic E-state index is -0.346. The number of aliphatic hydroxyl groups is 1. The van der Waals surface area contributed by atoms with Crippen LogP contribution in [0.25, 0.3) is 5.69 Å². The maximum absolute atomic E-state index is 12.1. The van der Waals surface area contributed by atoms with Crippen LogP contribution in [0.15, 0.2) is 24.3 Å². The Morgan fingerprint density at radius 2 is 2.24 bits per heavy atom. The molecule has 0 aliphatic heterocycles. The molecule has 1 amide bonds. The number of aryl methyl sites for hydroxylation is 1. The van der Waals surface area contributed by atoms with Crippen molar-refractivity contribution in [2.45, 2.75) is 26.3 Å². The Morgan fingerprint density at radius 1 is 1.48 bits per heavy atom. The van der Waals surface area contributed by atoms with Crippen molar-refractivity contribution in [3.8, 4) is 5.69 Å². The number of hydrogen-bond acceptors (Lipinski definition) is 4. The van der Waals surface area contributed by atoms with Crippen molar-refractivity contribution in [1.29, 1.82) is 0 Å². The summed E-state index contributed by atoms with van der Waals surface area (Å²) in [6.45, 7) is 3.49. The van der Waals surface area contributed by atoms with Crippen LogP contribution in [0.5, 0.6) is 0 Å². The summed E-state index contributed by atoms with van der Waals surface area (Å²) in [5.41, 5.74) is 1.43. The van der Waals surface area contributed by atoms with Gasteiger partial charge in [0.15, 0.2) is 5.69 Å². The highest BCUT2D eigenvalue weighted by molar-refractivity contribution is 6.30. The zero-order chi connectivity index (χ0) is 15.4. The average Bonchev–Trinajstić information content (AvgIpc) is 2.86. The number of aliphatic hydroxyl groups excluding tert-OH is 1. The highest BCUT2D eigenvalue weighted by atomic mass is 35.5. The van der Waals surface area contributed by atoms with Crippen LogP contribution in [0, 0.1) is 6.92 Å². The number of nitrogens with one attached hydrogen (secondary N) is 1. The monoisotopic (exact) mass is 308 g/mol. The fourth-order valence-electron chi connectivity index (χ4n) is 1.84. The van der Waals surface area contributed by atoms with Gasteiger partial charge in [-0.1, -0.05) is 24.6 Å². The smallest absolute Gasteiger partial charge is 0.274 e. The molecule has 112 valence electrons. The Bertz CT molecular complexity index is 638. The van der Waals surface area contributed by atoms with Crippen molar-refractivity contribution >= 4 is 17.5 Å². The number of aromatic nitrogens is 3. The van der Waals surface area contributed by atoms with Crippen LogP contribution in [-0.2, 0) is 0 Å². The van der Waals surface area contributed by atoms with Gasteiger partial charge in [-0.15, -0.1) is 5.10 Å². The van der Waals surface area contributed by atoms with E-state index in [1.807, 2.05) is 6.92 Å². The molecule has 0 aliphatic carbocycles. The van der Waals surface area contributed by atoms with E-state index < -0.39 is 0 Å². The SMILES string of the molecule is CCC(CO)NC(=O)c1nn(-c2cccc(Cl)c2)nc1C. The number of hydrogen-bond donors (Lipinski definition) is 2. The van der Waals surface area contributed by atoms with E-state index in [9.17, 15) is 4.79 Å². The molecule has 0 saturated heterocycles. The first-order valence-electron chi connectivity index (χ1n) is 6.66. The van der Waals surface area contributed by atoms with Gasteiger partial charge in [0, 0.05) is 5.02 Å². The number of halogens is 1. The van der Waals surface area contributed by atoms with Crippen molar-refractivity contribution in [2.75, 3.05) is 6.61 Å². The van der Waals surface area contributed by atoms with E-state index in [0.29, 0.717) is 22.8 Å². The van der Waals surface area contributed by atoms with Crippen LogP contribution in [0.3, 0.4) is 0 Å². The van der Waals surface area contributed by atoms with Gasteiger partial charge < -0.3 is 10.4 Å². The zero-order valence-electron chi connectivity index (χ0n) is 11.9. The number of rotatable bonds is 5. The molecule has 1 aromatic carbocycles. The van der Waals surface area contributed by atoms with Crippen LogP contribution < -0.4 is 5.32 Å². The Kier molecular flexibility index (Phi) is 4.93. The van der Waals surface area contributed by atoms with Crippen molar-refractivity contribution < 1.29 is 9.90 Å². The molecule has 7 heteroatoms. The molecule has 1 atom stereocenters. The predicted molar refractivity (Wildman–Crippen MR) is 79.7 cm³/mol. The summed E-state index contributed by atoms with van der Waals surface area (Å²) in [6.07, 6.45) is 0.643. The summed E-state index contributed by atoms with van der Waals surface area (Å²) in [4.78, 5) is 13.5. The molecule has 0 fully saturated rings. The maximum Gasteiger partial charge on any atom is 0.274 e. The van der Waals surface area contributed by atoms with E-state index in [1.165, 1.54) is 4.80 Å². The molecule has 0 bridgehead atoms. The van der Waals surface area contributed by atoms with Gasteiger partial charge in [0.25, 0.3) is 5.91 Å². The second-order valence-corrected chi connectivity index (χ2v) is 5.10. The standard InChI is InChI=1S/C14H17ClN4O2/c1-3-11(8-20)16-14(21)13-9(2)17-19(18-13)12-6-4-5-10(15)7-12/h4-7,11,20H,3,8H2,1-2H3,(H,16,21). The van der Waals surface area contributed by atoms with Crippen LogP contribution in [0.2, 0.25) is 5.02 Å². The Labute approximate surface area is 127 Å². The van der Waals surface area contributed by atoms with Crippen LogP contribution in [0.4, 0.5) is 0 Å². The summed E-state index contributed by atoms with van der Waals surface area (Å²) in [6, 6.07) is 6.77. The van der Waals surface area contributed by atoms with Crippen LogP contribution >= 0.6 is 11.6 Å². The zero-order valence-corrected chi connectivity index (χ0v) is 12.6. The highest BCUT2D eigenvalue weighted by Gasteiger charge is 2.18. The number of carbonyl (C=O) groups excluding carboxylic acids is 1. The van der Waals surface area contributed by atoms with Gasteiger partial charge >= 0.3 is 0 Å². The predicted octanol–water partition coefficient (Wildman–Crippen LogP) is 1.73. The number of benzene rings is 1. The summed E-state index contributed by atoms with van der Waals surface area (Å²) in [7, 11) is 0. The normalized spacial score (nSPS) is 12.2. The van der Waals surface area contributed by atoms with Crippen molar-refractivity contribution in [3.63, 3.8) is 0 Å². The first kappa shape index (κ1) is 15.5. The Hall–Kier alpha value is -1.92. The molecule has 1 unspecified atom stereocenters. The molecule has 6 nitrogen and oxygen atoms in total. The summed E-state index contributed by atoms with van der Waals surface area (Å²) >= 11 is 5.93. The quantitative estimate of drug-likeness (QED) is 0.881. The molecule has 0 spiro atoms. The van der Waals surface area contributed by atoms with E-state index in [1.54, 1.807) is 31.2 Å². The molecular formula is C14H17ClN4O2. The topological polar surface area (TPSA) is 80.0 Å². The third-order valence-corrected chi connectivity index (χ3v) is 3.32. The molecule has 21 heavy (non-hydrogen) atoms. The largest absolute Gasteiger partial charge is 0.394 e. The second kappa shape index (κ2) is 6.69. The molecule has 2 aromatic rings. The third kappa shape index (κ3) is 3.59. The minimum absolute atomic E-state index is 0.107. The van der Waals surface area contributed by atoms with Crippen LogP contribution in [0.1, 0.15) is 29.5 Å². The molecule has 0 saturated carbocycles. The van der Waals surface area contributed by atoms with E-state index >= 15 is 0 Å². The summed E-state index contributed by atoms with van der Waals surface area (Å²) < 4.78 is 0. The molecule has 2 rings (SSSR count). The lowest BCUT2D eigenvalue weighted by molar-refractivity contribution is 0.0909. The van der Waals surface area contributed by atoms with E-state index in [4.69, 9.17) is 16.7 Å². The van der Waals surface area contributed by atoms with Gasteiger partial charge in [0.05, 0.1) is 24.0 Å². The van der Waals surface area contributed by atoms with E-state index in [0.717, 1.165) is 0 Å². The fraction of sp³-hybridized carbons (Fsp3) is 0.357. The molecule has 0 aliphatic rings. The Balaban J connectivity index is 2.25. The molecule has 1 heterocycles. The van der Waals surface area contributed by atoms with Gasteiger partial charge in [0.2, 0.25) is 0 Å². The molecule has 1 aromatic heterocycles. The van der Waals surface area contributed by atoms with Gasteiger partial charge in [-0.05, 0) is 31.5 Å². The van der Waals surface area contributed by atoms with Gasteiger partial charge in [-0.2, -0.15) is 9.90 Å². The molecule has 0 radical (unpaired) electrons. The lowest BCUT2D eigenvalue weighted by atomic mass is 10.2. The van der Waals surface area contributed by atoms with Gasteiger partial charge in [-0.3, -0.25) is 4.79 Å². The number of nitrogens with zero attached hydrogens (tertiary/aromatic N) is 3. The lowest BCUT2D eigenvalue weighted by Gasteiger charge is -2.12. The first-order valence-corrected chi connectivity index (χ1v) is 7.04. The average molecular weight is 309 g/mol. The summed E-state index contributed by atoms with van der Waals surface area (Å²) in [5, 5.41) is 20.8. The van der Waals surface area contributed by atoms with E-state index in [-0.39, 0.29) is 24.2 Å². The van der Waals surface area contributed by atoms with Gasteiger partial charge in [-0.25, -0.2) is 0 Å². The van der Waals surface area contributed by atoms with Gasteiger partial charge in [0.1, 0.15) is 0 Å². The highest BCUT2D eigenvalue weighted by Crippen LogP contribution is 2.14. The number of carbonyl (C=O) groups is 1. The third-order valence-electron chi connectivity index (χ3n) is 3.08. The fourth-order valence-corrected chi connectivity index (χ4v) is 2.02. The van der Waals surface area contributed by atoms with Crippen molar-refractivity contribution in [2.24, 2.45) is 0 Å². The van der Waals surface area contributed by atoms with Crippen molar-refractivity contribution in [1.82, 2.24) is 20.3 Å². The Morgan fingerprint density at radius 3 is 2.86 bits per heavy atom. The molecular weight excluding hydrogens is 292 g/mol. The maximum atomic E-state index is 12.1. The minimum Gasteiger partial charge on any atom is -0.394 e. The first-order chi connectivity index (χ1) is 10.0. The number of amides is 1. The van der Waals surface area contributed by atoms with Crippen LogP contribution in [-0.4, -0.2) is 38.7 Å².